The summed E-state index contributed by atoms with van der Waals surface area (Å²) < 4.78 is 0. The van der Waals surface area contributed by atoms with Gasteiger partial charge in [0.05, 0.1) is 0 Å². The third-order valence-electron chi connectivity index (χ3n) is 1.68. The first-order valence-corrected chi connectivity index (χ1v) is 4.85. The molecule has 0 aliphatic carbocycles. The minimum atomic E-state index is -1.28. The van der Waals surface area contributed by atoms with E-state index in [0.717, 1.165) is 0 Å². The van der Waals surface area contributed by atoms with E-state index in [0.29, 0.717) is 5.82 Å². The smallest absolute Gasteiger partial charge is 0.182 e. The topological polar surface area (TPSA) is 46.0 Å². The Hall–Kier alpha value is -1.40. The molecule has 1 aromatic heterocycles. The van der Waals surface area contributed by atoms with Gasteiger partial charge in [0.2, 0.25) is 0 Å². The lowest BCUT2D eigenvalue weighted by Gasteiger charge is -2.15. The highest BCUT2D eigenvalue weighted by Crippen LogP contribution is 2.17. The van der Waals surface area contributed by atoms with Crippen LogP contribution in [0.3, 0.4) is 0 Å². The third kappa shape index (κ3) is 3.69. The van der Waals surface area contributed by atoms with E-state index in [1.54, 1.807) is 25.4 Å². The maximum Gasteiger partial charge on any atom is 0.182 e. The van der Waals surface area contributed by atoms with E-state index in [1.807, 2.05) is 20.8 Å². The molecule has 1 N–H and O–H groups in total. The fraction of sp³-hybridized carbons (Fsp3) is 0.500. The van der Waals surface area contributed by atoms with Crippen LogP contribution in [0.4, 0.5) is 0 Å². The second-order valence-electron chi connectivity index (χ2n) is 4.64. The van der Waals surface area contributed by atoms with Gasteiger partial charge in [-0.15, -0.1) is 0 Å². The summed E-state index contributed by atoms with van der Waals surface area (Å²) in [6.45, 7) is 7.56. The molecule has 1 heterocycles. The Morgan fingerprint density at radius 3 is 2.07 bits per heavy atom. The van der Waals surface area contributed by atoms with Crippen LogP contribution in [-0.2, 0) is 5.60 Å². The van der Waals surface area contributed by atoms with Crippen molar-refractivity contribution in [3.8, 4) is 11.8 Å². The SMILES string of the molecule is CC(C)(C)C#CC(C)(O)c1ncccn1. The van der Waals surface area contributed by atoms with Crippen LogP contribution in [0, 0.1) is 17.3 Å². The zero-order valence-electron chi connectivity index (χ0n) is 9.57. The van der Waals surface area contributed by atoms with Gasteiger partial charge >= 0.3 is 0 Å². The Balaban J connectivity index is 2.98. The zero-order valence-corrected chi connectivity index (χ0v) is 9.57. The fourth-order valence-electron chi connectivity index (χ4n) is 0.916. The van der Waals surface area contributed by atoms with Crippen molar-refractivity contribution in [3.63, 3.8) is 0 Å². The van der Waals surface area contributed by atoms with Gasteiger partial charge in [-0.3, -0.25) is 0 Å². The highest BCUT2D eigenvalue weighted by molar-refractivity contribution is 5.22. The summed E-state index contributed by atoms with van der Waals surface area (Å²) in [5.74, 6) is 6.11. The molecule has 0 saturated carbocycles. The normalized spacial score (nSPS) is 15.0. The standard InChI is InChI=1S/C12H16N2O/c1-11(2,3)6-7-12(4,15)10-13-8-5-9-14-10/h5,8-9,15H,1-4H3. The maximum atomic E-state index is 10.1. The van der Waals surface area contributed by atoms with Crippen LogP contribution in [0.1, 0.15) is 33.5 Å². The molecule has 0 fully saturated rings. The Morgan fingerprint density at radius 2 is 1.60 bits per heavy atom. The van der Waals surface area contributed by atoms with E-state index in [9.17, 15) is 5.11 Å². The summed E-state index contributed by atoms with van der Waals surface area (Å²) in [5, 5.41) is 10.1. The molecule has 0 aromatic carbocycles. The zero-order chi connectivity index (χ0) is 11.5. The first kappa shape index (κ1) is 11.7. The van der Waals surface area contributed by atoms with Crippen LogP contribution >= 0.6 is 0 Å². The average Bonchev–Trinajstić information content (AvgIpc) is 2.16. The van der Waals surface area contributed by atoms with E-state index < -0.39 is 5.60 Å². The van der Waals surface area contributed by atoms with E-state index in [-0.39, 0.29) is 5.41 Å². The third-order valence-corrected chi connectivity index (χ3v) is 1.68. The predicted octanol–water partition coefficient (Wildman–Crippen LogP) is 1.73. The predicted molar refractivity (Wildman–Crippen MR) is 58.8 cm³/mol. The second kappa shape index (κ2) is 4.00. The van der Waals surface area contributed by atoms with Crippen molar-refractivity contribution in [1.29, 1.82) is 0 Å². The number of aromatic nitrogens is 2. The lowest BCUT2D eigenvalue weighted by atomic mass is 9.95. The fourth-order valence-corrected chi connectivity index (χ4v) is 0.916. The molecule has 1 rings (SSSR count). The van der Waals surface area contributed by atoms with Crippen molar-refractivity contribution < 1.29 is 5.11 Å². The molecule has 3 heteroatoms. The number of aliphatic hydroxyl groups is 1. The lowest BCUT2D eigenvalue weighted by Crippen LogP contribution is -2.22. The molecule has 80 valence electrons. The molecule has 1 atom stereocenters. The largest absolute Gasteiger partial charge is 0.371 e. The molecular weight excluding hydrogens is 188 g/mol. The summed E-state index contributed by atoms with van der Waals surface area (Å²) in [6.07, 6.45) is 3.19. The molecule has 3 nitrogen and oxygen atoms in total. The van der Waals surface area contributed by atoms with E-state index >= 15 is 0 Å². The van der Waals surface area contributed by atoms with Crippen LogP contribution in [0.5, 0.6) is 0 Å². The Kier molecular flexibility index (Phi) is 3.11. The van der Waals surface area contributed by atoms with E-state index in [2.05, 4.69) is 21.8 Å². The molecule has 0 amide bonds. The highest BCUT2D eigenvalue weighted by Gasteiger charge is 2.23. The monoisotopic (exact) mass is 204 g/mol. The van der Waals surface area contributed by atoms with Crippen molar-refractivity contribution in [2.24, 2.45) is 5.41 Å². The van der Waals surface area contributed by atoms with Crippen LogP contribution in [0.15, 0.2) is 18.5 Å². The Labute approximate surface area is 90.6 Å². The molecule has 0 aliphatic rings. The van der Waals surface area contributed by atoms with Crippen molar-refractivity contribution in [2.75, 3.05) is 0 Å². The minimum Gasteiger partial charge on any atom is -0.371 e. The van der Waals surface area contributed by atoms with Crippen molar-refractivity contribution in [3.05, 3.63) is 24.3 Å². The Bertz CT molecular complexity index is 380. The molecule has 1 aromatic rings. The summed E-state index contributed by atoms with van der Waals surface area (Å²) in [7, 11) is 0. The van der Waals surface area contributed by atoms with Crippen LogP contribution in [0.2, 0.25) is 0 Å². The van der Waals surface area contributed by atoms with Gasteiger partial charge in [-0.05, 0) is 33.8 Å². The van der Waals surface area contributed by atoms with Gasteiger partial charge < -0.3 is 5.11 Å². The summed E-state index contributed by atoms with van der Waals surface area (Å²) in [4.78, 5) is 7.97. The first-order chi connectivity index (χ1) is 6.81. The quantitative estimate of drug-likeness (QED) is 0.709. The molecule has 15 heavy (non-hydrogen) atoms. The summed E-state index contributed by atoms with van der Waals surface area (Å²) in [6, 6.07) is 1.71. The molecule has 0 aliphatic heterocycles. The second-order valence-corrected chi connectivity index (χ2v) is 4.64. The van der Waals surface area contributed by atoms with E-state index in [4.69, 9.17) is 0 Å². The minimum absolute atomic E-state index is 0.140. The molecule has 0 radical (unpaired) electrons. The number of nitrogens with zero attached hydrogens (tertiary/aromatic N) is 2. The van der Waals surface area contributed by atoms with Gasteiger partial charge in [-0.1, -0.05) is 11.8 Å². The van der Waals surface area contributed by atoms with Crippen molar-refractivity contribution in [2.45, 2.75) is 33.3 Å². The van der Waals surface area contributed by atoms with Gasteiger partial charge in [0.25, 0.3) is 0 Å². The van der Waals surface area contributed by atoms with Crippen LogP contribution in [-0.4, -0.2) is 15.1 Å². The number of rotatable bonds is 1. The first-order valence-electron chi connectivity index (χ1n) is 4.85. The van der Waals surface area contributed by atoms with Gasteiger partial charge in [0, 0.05) is 17.8 Å². The molecule has 0 saturated heterocycles. The summed E-state index contributed by atoms with van der Waals surface area (Å²) >= 11 is 0. The van der Waals surface area contributed by atoms with Gasteiger partial charge in [-0.25, -0.2) is 9.97 Å². The molecule has 0 bridgehead atoms. The average molecular weight is 204 g/mol. The van der Waals surface area contributed by atoms with Crippen LogP contribution in [0.25, 0.3) is 0 Å². The molecular formula is C12H16N2O. The molecule has 0 spiro atoms. The number of hydrogen-bond donors (Lipinski definition) is 1. The van der Waals surface area contributed by atoms with Gasteiger partial charge in [0.1, 0.15) is 0 Å². The summed E-state index contributed by atoms with van der Waals surface area (Å²) in [5.41, 5.74) is -1.42. The molecule has 1 unspecified atom stereocenters. The van der Waals surface area contributed by atoms with Gasteiger partial charge in [-0.2, -0.15) is 0 Å². The van der Waals surface area contributed by atoms with Crippen molar-refractivity contribution >= 4 is 0 Å². The van der Waals surface area contributed by atoms with E-state index in [1.165, 1.54) is 0 Å². The van der Waals surface area contributed by atoms with Crippen molar-refractivity contribution in [1.82, 2.24) is 9.97 Å². The number of hydrogen-bond acceptors (Lipinski definition) is 3. The van der Waals surface area contributed by atoms with Crippen LogP contribution < -0.4 is 0 Å². The maximum absolute atomic E-state index is 10.1. The van der Waals surface area contributed by atoms with Gasteiger partial charge in [0.15, 0.2) is 11.4 Å². The highest BCUT2D eigenvalue weighted by atomic mass is 16.3. The Morgan fingerprint density at radius 1 is 1.07 bits per heavy atom. The lowest BCUT2D eigenvalue weighted by molar-refractivity contribution is 0.111.